The van der Waals surface area contributed by atoms with Crippen molar-refractivity contribution in [3.63, 3.8) is 0 Å². The smallest absolute Gasteiger partial charge is 0.391 e. The molecule has 3 N–H and O–H groups in total. The number of rotatable bonds is 3. The molecular formula is C11H12F4N2O. The molecule has 1 rings (SSSR count). The van der Waals surface area contributed by atoms with Crippen LogP contribution >= 0.6 is 0 Å². The fourth-order valence-corrected chi connectivity index (χ4v) is 1.44. The number of nitrogens with one attached hydrogen (secondary N) is 1. The number of hydrogen-bond acceptors (Lipinski definition) is 2. The normalized spacial score (nSPS) is 13.2. The molecule has 0 fully saturated rings. The summed E-state index contributed by atoms with van der Waals surface area (Å²) in [4.78, 5) is 11.6. The van der Waals surface area contributed by atoms with E-state index in [2.05, 4.69) is 5.32 Å². The number of alkyl halides is 3. The largest absolute Gasteiger partial charge is 0.398 e. The van der Waals surface area contributed by atoms with Crippen molar-refractivity contribution in [3.8, 4) is 0 Å². The first-order chi connectivity index (χ1) is 8.19. The Morgan fingerprint density at radius 2 is 2.06 bits per heavy atom. The summed E-state index contributed by atoms with van der Waals surface area (Å²) in [5, 5.41) is 2.15. The summed E-state index contributed by atoms with van der Waals surface area (Å²) in [6, 6.07) is 1.99. The van der Waals surface area contributed by atoms with Gasteiger partial charge in [0.25, 0.3) is 5.91 Å². The van der Waals surface area contributed by atoms with Gasteiger partial charge in [0.2, 0.25) is 0 Å². The summed E-state index contributed by atoms with van der Waals surface area (Å²) in [6.07, 6.45) is -5.50. The number of nitrogens with two attached hydrogens (primary N) is 1. The van der Waals surface area contributed by atoms with Gasteiger partial charge in [0.15, 0.2) is 0 Å². The van der Waals surface area contributed by atoms with Crippen LogP contribution in [0.4, 0.5) is 23.2 Å². The highest BCUT2D eigenvalue weighted by Gasteiger charge is 2.30. The maximum Gasteiger partial charge on any atom is 0.391 e. The van der Waals surface area contributed by atoms with Gasteiger partial charge in [0, 0.05) is 11.7 Å². The minimum Gasteiger partial charge on any atom is -0.398 e. The molecule has 7 heteroatoms. The van der Waals surface area contributed by atoms with Gasteiger partial charge in [0.05, 0.1) is 12.0 Å². The molecule has 1 aromatic carbocycles. The fourth-order valence-electron chi connectivity index (χ4n) is 1.44. The summed E-state index contributed by atoms with van der Waals surface area (Å²) in [5.41, 5.74) is 5.23. The van der Waals surface area contributed by atoms with Crippen LogP contribution in [0.1, 0.15) is 23.7 Å². The second-order valence-electron chi connectivity index (χ2n) is 3.93. The van der Waals surface area contributed by atoms with Gasteiger partial charge in [-0.2, -0.15) is 13.2 Å². The number of hydrogen-bond donors (Lipinski definition) is 2. The molecule has 1 atom stereocenters. The maximum absolute atomic E-state index is 12.7. The fraction of sp³-hybridized carbons (Fsp3) is 0.364. The number of carbonyl (C=O) groups excluding carboxylic acids is 1. The van der Waals surface area contributed by atoms with Crippen LogP contribution in [0.25, 0.3) is 0 Å². The van der Waals surface area contributed by atoms with E-state index >= 15 is 0 Å². The summed E-state index contributed by atoms with van der Waals surface area (Å²) in [7, 11) is 0. The van der Waals surface area contributed by atoms with E-state index in [1.807, 2.05) is 0 Å². The SMILES string of the molecule is CC(CC(F)(F)F)NC(=O)c1ccc(F)cc1N. The lowest BCUT2D eigenvalue weighted by Gasteiger charge is -2.16. The van der Waals surface area contributed by atoms with Crippen molar-refractivity contribution in [1.29, 1.82) is 0 Å². The predicted molar refractivity (Wildman–Crippen MR) is 58.4 cm³/mol. The molecule has 1 amide bonds. The van der Waals surface area contributed by atoms with Crippen molar-refractivity contribution in [2.75, 3.05) is 5.73 Å². The van der Waals surface area contributed by atoms with Crippen LogP contribution < -0.4 is 11.1 Å². The van der Waals surface area contributed by atoms with Gasteiger partial charge < -0.3 is 11.1 Å². The van der Waals surface area contributed by atoms with Crippen molar-refractivity contribution in [3.05, 3.63) is 29.6 Å². The van der Waals surface area contributed by atoms with Gasteiger partial charge in [-0.1, -0.05) is 0 Å². The molecule has 0 spiro atoms. The molecule has 0 saturated carbocycles. The Kier molecular flexibility index (Phi) is 4.15. The van der Waals surface area contributed by atoms with Crippen LogP contribution in [-0.4, -0.2) is 18.1 Å². The quantitative estimate of drug-likeness (QED) is 0.651. The molecule has 0 aromatic heterocycles. The van der Waals surface area contributed by atoms with Crippen molar-refractivity contribution >= 4 is 11.6 Å². The Morgan fingerprint density at radius 1 is 1.44 bits per heavy atom. The third kappa shape index (κ3) is 4.23. The highest BCUT2D eigenvalue weighted by molar-refractivity contribution is 5.99. The number of carbonyl (C=O) groups is 1. The van der Waals surface area contributed by atoms with E-state index in [9.17, 15) is 22.4 Å². The molecule has 100 valence electrons. The van der Waals surface area contributed by atoms with Gasteiger partial charge in [0.1, 0.15) is 5.82 Å². The molecule has 0 aliphatic heterocycles. The average molecular weight is 264 g/mol. The first-order valence-corrected chi connectivity index (χ1v) is 5.11. The number of anilines is 1. The number of nitrogen functional groups attached to an aromatic ring is 1. The second kappa shape index (κ2) is 5.24. The highest BCUT2D eigenvalue weighted by Crippen LogP contribution is 2.21. The summed E-state index contributed by atoms with van der Waals surface area (Å²) in [5.74, 6) is -1.38. The van der Waals surface area contributed by atoms with E-state index in [0.717, 1.165) is 18.2 Å². The minimum absolute atomic E-state index is 0.0505. The van der Waals surface area contributed by atoms with Crippen LogP contribution in [-0.2, 0) is 0 Å². The van der Waals surface area contributed by atoms with E-state index in [0.29, 0.717) is 0 Å². The Balaban J connectivity index is 2.71. The van der Waals surface area contributed by atoms with E-state index in [1.54, 1.807) is 0 Å². The molecule has 1 unspecified atom stereocenters. The van der Waals surface area contributed by atoms with Crippen molar-refractivity contribution < 1.29 is 22.4 Å². The molecule has 0 saturated heterocycles. The van der Waals surface area contributed by atoms with Crippen LogP contribution in [0.2, 0.25) is 0 Å². The van der Waals surface area contributed by atoms with Crippen LogP contribution in [0, 0.1) is 5.82 Å². The Bertz CT molecular complexity index is 445. The van der Waals surface area contributed by atoms with Crippen LogP contribution in [0.15, 0.2) is 18.2 Å². The van der Waals surface area contributed by atoms with E-state index in [4.69, 9.17) is 5.73 Å². The van der Waals surface area contributed by atoms with Gasteiger partial charge in [-0.15, -0.1) is 0 Å². The predicted octanol–water partition coefficient (Wildman–Crippen LogP) is 2.48. The summed E-state index contributed by atoms with van der Waals surface area (Å²) in [6.45, 7) is 1.23. The zero-order valence-corrected chi connectivity index (χ0v) is 9.51. The van der Waals surface area contributed by atoms with Crippen molar-refractivity contribution in [1.82, 2.24) is 5.32 Å². The molecule has 18 heavy (non-hydrogen) atoms. The van der Waals surface area contributed by atoms with E-state index < -0.39 is 30.4 Å². The highest BCUT2D eigenvalue weighted by atomic mass is 19.4. The third-order valence-corrected chi connectivity index (χ3v) is 2.17. The van der Waals surface area contributed by atoms with E-state index in [1.165, 1.54) is 6.92 Å². The number of halogens is 4. The summed E-state index contributed by atoms with van der Waals surface area (Å²) >= 11 is 0. The minimum atomic E-state index is -4.36. The monoisotopic (exact) mass is 264 g/mol. The second-order valence-corrected chi connectivity index (χ2v) is 3.93. The standard InChI is InChI=1S/C11H12F4N2O/c1-6(5-11(13,14)15)17-10(18)8-3-2-7(12)4-9(8)16/h2-4,6H,5,16H2,1H3,(H,17,18). The van der Waals surface area contributed by atoms with Gasteiger partial charge in [-0.25, -0.2) is 4.39 Å². The van der Waals surface area contributed by atoms with Gasteiger partial charge in [-0.3, -0.25) is 4.79 Å². The zero-order chi connectivity index (χ0) is 13.9. The van der Waals surface area contributed by atoms with Crippen LogP contribution in [0.3, 0.4) is 0 Å². The molecule has 0 aliphatic carbocycles. The first kappa shape index (κ1) is 14.3. The molecule has 0 aliphatic rings. The number of benzene rings is 1. The average Bonchev–Trinajstić information content (AvgIpc) is 2.13. The molecular weight excluding hydrogens is 252 g/mol. The lowest BCUT2D eigenvalue weighted by atomic mass is 10.1. The Hall–Kier alpha value is -1.79. The maximum atomic E-state index is 12.7. The van der Waals surface area contributed by atoms with Crippen LogP contribution in [0.5, 0.6) is 0 Å². The van der Waals surface area contributed by atoms with Crippen molar-refractivity contribution in [2.45, 2.75) is 25.6 Å². The van der Waals surface area contributed by atoms with Gasteiger partial charge in [-0.05, 0) is 25.1 Å². The first-order valence-electron chi connectivity index (χ1n) is 5.11. The molecule has 3 nitrogen and oxygen atoms in total. The lowest BCUT2D eigenvalue weighted by molar-refractivity contribution is -0.138. The Labute approximate surface area is 101 Å². The topological polar surface area (TPSA) is 55.1 Å². The Morgan fingerprint density at radius 3 is 2.56 bits per heavy atom. The molecule has 0 radical (unpaired) electrons. The third-order valence-electron chi connectivity index (χ3n) is 2.17. The van der Waals surface area contributed by atoms with Crippen molar-refractivity contribution in [2.24, 2.45) is 0 Å². The number of amides is 1. The molecule has 0 heterocycles. The molecule has 1 aromatic rings. The molecule has 0 bridgehead atoms. The summed E-state index contributed by atoms with van der Waals surface area (Å²) < 4.78 is 48.9. The lowest BCUT2D eigenvalue weighted by Crippen LogP contribution is -2.36. The zero-order valence-electron chi connectivity index (χ0n) is 9.51. The van der Waals surface area contributed by atoms with E-state index in [-0.39, 0.29) is 11.3 Å². The van der Waals surface area contributed by atoms with Gasteiger partial charge >= 0.3 is 6.18 Å².